The van der Waals surface area contributed by atoms with E-state index in [0.717, 1.165) is 12.0 Å². The average molecular weight is 409 g/mol. The van der Waals surface area contributed by atoms with Crippen molar-refractivity contribution in [1.82, 2.24) is 10.2 Å². The number of rotatable bonds is 5. The Kier molecular flexibility index (Phi) is 7.66. The summed E-state index contributed by atoms with van der Waals surface area (Å²) in [6.45, 7) is 3.91. The van der Waals surface area contributed by atoms with Crippen molar-refractivity contribution in [2.75, 3.05) is 33.9 Å². The van der Waals surface area contributed by atoms with Crippen LogP contribution in [0.4, 0.5) is 4.39 Å². The third kappa shape index (κ3) is 4.39. The number of ether oxygens (including phenoxy) is 2. The number of hydrogen-bond donors (Lipinski definition) is 1. The van der Waals surface area contributed by atoms with E-state index in [4.69, 9.17) is 9.47 Å². The second-order valence-corrected chi connectivity index (χ2v) is 6.50. The highest BCUT2D eigenvalue weighted by molar-refractivity contribution is 5.95. The molecule has 1 fully saturated rings. The molecule has 7 heteroatoms. The molecule has 1 aliphatic heterocycles. The fourth-order valence-electron chi connectivity index (χ4n) is 3.39. The van der Waals surface area contributed by atoms with Gasteiger partial charge in [-0.25, -0.2) is 4.39 Å². The van der Waals surface area contributed by atoms with Gasteiger partial charge in [-0.2, -0.15) is 0 Å². The Labute approximate surface area is 171 Å². The second-order valence-electron chi connectivity index (χ2n) is 6.50. The molecule has 0 aromatic heterocycles. The van der Waals surface area contributed by atoms with Crippen molar-refractivity contribution in [2.24, 2.45) is 0 Å². The van der Waals surface area contributed by atoms with E-state index in [2.05, 4.69) is 24.4 Å². The number of hydrogen-bond acceptors (Lipinski definition) is 4. The average Bonchev–Trinajstić information content (AvgIpc) is 2.73. The van der Waals surface area contributed by atoms with Crippen molar-refractivity contribution in [3.05, 3.63) is 58.9 Å². The Balaban J connectivity index is 0.00000280. The van der Waals surface area contributed by atoms with Crippen LogP contribution in [0.25, 0.3) is 0 Å². The van der Waals surface area contributed by atoms with Crippen LogP contribution in [0.2, 0.25) is 0 Å². The lowest BCUT2D eigenvalue weighted by atomic mass is 9.99. The largest absolute Gasteiger partial charge is 0.493 e. The quantitative estimate of drug-likeness (QED) is 0.821. The molecule has 1 unspecified atom stereocenters. The molecule has 0 radical (unpaired) electrons. The normalized spacial score (nSPS) is 16.3. The minimum Gasteiger partial charge on any atom is -0.493 e. The molecular weight excluding hydrogens is 383 g/mol. The molecule has 0 spiro atoms. The molecule has 28 heavy (non-hydrogen) atoms. The molecule has 2 aromatic carbocycles. The summed E-state index contributed by atoms with van der Waals surface area (Å²) in [7, 11) is 2.90. The van der Waals surface area contributed by atoms with Crippen LogP contribution in [0.15, 0.2) is 36.4 Å². The van der Waals surface area contributed by atoms with Crippen LogP contribution in [0.3, 0.4) is 0 Å². The number of amides is 1. The molecule has 0 aliphatic carbocycles. The van der Waals surface area contributed by atoms with Crippen LogP contribution in [-0.4, -0.2) is 44.7 Å². The first kappa shape index (κ1) is 22.0. The van der Waals surface area contributed by atoms with Crippen molar-refractivity contribution in [3.8, 4) is 11.5 Å². The maximum Gasteiger partial charge on any atom is 0.257 e. The number of nitrogens with zero attached hydrogens (tertiary/aromatic N) is 1. The molecular formula is C21H26ClFN2O3. The van der Waals surface area contributed by atoms with Crippen LogP contribution in [0.5, 0.6) is 11.5 Å². The van der Waals surface area contributed by atoms with Crippen LogP contribution >= 0.6 is 12.4 Å². The van der Waals surface area contributed by atoms with Crippen molar-refractivity contribution in [3.63, 3.8) is 0 Å². The van der Waals surface area contributed by atoms with Gasteiger partial charge < -0.3 is 19.7 Å². The van der Waals surface area contributed by atoms with Gasteiger partial charge in [0.1, 0.15) is 5.82 Å². The van der Waals surface area contributed by atoms with E-state index >= 15 is 0 Å². The highest BCUT2D eigenvalue weighted by Gasteiger charge is 2.30. The zero-order valence-electron chi connectivity index (χ0n) is 16.3. The van der Waals surface area contributed by atoms with Gasteiger partial charge in [-0.3, -0.25) is 4.79 Å². The highest BCUT2D eigenvalue weighted by Crippen LogP contribution is 2.32. The fourth-order valence-corrected chi connectivity index (χ4v) is 3.39. The summed E-state index contributed by atoms with van der Waals surface area (Å²) in [4.78, 5) is 14.9. The fraction of sp³-hybridized carbons (Fsp3) is 0.381. The molecule has 1 N–H and O–H groups in total. The predicted octanol–water partition coefficient (Wildman–Crippen LogP) is 3.61. The Morgan fingerprint density at radius 3 is 2.43 bits per heavy atom. The van der Waals surface area contributed by atoms with Crippen molar-refractivity contribution < 1.29 is 18.7 Å². The summed E-state index contributed by atoms with van der Waals surface area (Å²) in [5.41, 5.74) is 2.27. The third-order valence-corrected chi connectivity index (χ3v) is 4.98. The molecule has 0 bridgehead atoms. The number of carbonyl (C=O) groups excluding carboxylic acids is 1. The van der Waals surface area contributed by atoms with Crippen molar-refractivity contribution in [2.45, 2.75) is 19.4 Å². The predicted molar refractivity (Wildman–Crippen MR) is 109 cm³/mol. The number of halogens is 2. The van der Waals surface area contributed by atoms with E-state index in [1.165, 1.54) is 31.9 Å². The topological polar surface area (TPSA) is 50.8 Å². The van der Waals surface area contributed by atoms with E-state index in [1.54, 1.807) is 4.90 Å². The molecule has 5 nitrogen and oxygen atoms in total. The Morgan fingerprint density at radius 1 is 1.18 bits per heavy atom. The first-order valence-corrected chi connectivity index (χ1v) is 9.11. The first-order valence-electron chi connectivity index (χ1n) is 9.11. The van der Waals surface area contributed by atoms with Gasteiger partial charge in [-0.1, -0.05) is 31.2 Å². The van der Waals surface area contributed by atoms with Gasteiger partial charge >= 0.3 is 0 Å². The zero-order chi connectivity index (χ0) is 19.4. The lowest BCUT2D eigenvalue weighted by molar-refractivity contribution is 0.0629. The van der Waals surface area contributed by atoms with Gasteiger partial charge in [-0.15, -0.1) is 12.4 Å². The van der Waals surface area contributed by atoms with Gasteiger partial charge in [0.05, 0.1) is 25.8 Å². The lowest BCUT2D eigenvalue weighted by Gasteiger charge is -2.37. The maximum atomic E-state index is 14.6. The van der Waals surface area contributed by atoms with Crippen LogP contribution in [0, 0.1) is 5.82 Å². The van der Waals surface area contributed by atoms with E-state index < -0.39 is 5.82 Å². The summed E-state index contributed by atoms with van der Waals surface area (Å²) in [5.74, 6) is -0.365. The molecule has 0 saturated carbocycles. The summed E-state index contributed by atoms with van der Waals surface area (Å²) in [6, 6.07) is 10.7. The minimum absolute atomic E-state index is 0. The smallest absolute Gasteiger partial charge is 0.257 e. The minimum atomic E-state index is -0.615. The summed E-state index contributed by atoms with van der Waals surface area (Å²) in [6.07, 6.45) is 0.961. The molecule has 3 rings (SSSR count). The highest BCUT2D eigenvalue weighted by atomic mass is 35.5. The second kappa shape index (κ2) is 9.75. The SMILES string of the molecule is CCc1ccc(C2CNCCN2C(=O)c2cc(OC)c(OC)cc2F)cc1.Cl. The molecule has 1 atom stereocenters. The van der Waals surface area contributed by atoms with Crippen LogP contribution < -0.4 is 14.8 Å². The third-order valence-electron chi connectivity index (χ3n) is 4.98. The van der Waals surface area contributed by atoms with Gasteiger partial charge in [-0.05, 0) is 23.6 Å². The van der Waals surface area contributed by atoms with Crippen molar-refractivity contribution >= 4 is 18.3 Å². The Bertz CT molecular complexity index is 814. The molecule has 152 valence electrons. The van der Waals surface area contributed by atoms with Gasteiger partial charge in [0, 0.05) is 25.7 Å². The molecule has 1 aliphatic rings. The molecule has 1 amide bonds. The molecule has 1 saturated heterocycles. The van der Waals surface area contributed by atoms with E-state index in [-0.39, 0.29) is 35.7 Å². The molecule has 2 aromatic rings. The summed E-state index contributed by atoms with van der Waals surface area (Å²) >= 11 is 0. The van der Waals surface area contributed by atoms with Gasteiger partial charge in [0.25, 0.3) is 5.91 Å². The molecule has 1 heterocycles. The monoisotopic (exact) mass is 408 g/mol. The number of aryl methyl sites for hydroxylation is 1. The Morgan fingerprint density at radius 2 is 1.82 bits per heavy atom. The summed E-state index contributed by atoms with van der Waals surface area (Å²) in [5, 5.41) is 3.32. The maximum absolute atomic E-state index is 14.6. The number of nitrogens with one attached hydrogen (secondary N) is 1. The number of methoxy groups -OCH3 is 2. The van der Waals surface area contributed by atoms with Crippen LogP contribution in [-0.2, 0) is 6.42 Å². The van der Waals surface area contributed by atoms with Gasteiger partial charge in [0.2, 0.25) is 0 Å². The Hall–Kier alpha value is -2.31. The van der Waals surface area contributed by atoms with E-state index in [9.17, 15) is 9.18 Å². The lowest BCUT2D eigenvalue weighted by Crippen LogP contribution is -2.48. The van der Waals surface area contributed by atoms with Crippen molar-refractivity contribution in [1.29, 1.82) is 0 Å². The first-order chi connectivity index (χ1) is 13.1. The van der Waals surface area contributed by atoms with Gasteiger partial charge in [0.15, 0.2) is 11.5 Å². The number of piperazine rings is 1. The van der Waals surface area contributed by atoms with E-state index in [1.807, 2.05) is 12.1 Å². The number of benzene rings is 2. The summed E-state index contributed by atoms with van der Waals surface area (Å²) < 4.78 is 24.9. The van der Waals surface area contributed by atoms with E-state index in [0.29, 0.717) is 25.4 Å². The standard InChI is InChI=1S/C21H25FN2O3.ClH/c1-4-14-5-7-15(8-6-14)18-13-23-9-10-24(18)21(25)16-11-19(26-2)20(27-3)12-17(16)22;/h5-8,11-12,18,23H,4,9-10,13H2,1-3H3;1H. The van der Waals surface area contributed by atoms with Crippen LogP contribution in [0.1, 0.15) is 34.5 Å². The zero-order valence-corrected chi connectivity index (χ0v) is 17.1. The number of carbonyl (C=O) groups is 1.